The molecule has 0 aliphatic carbocycles. The first-order valence-corrected chi connectivity index (χ1v) is 17.4. The van der Waals surface area contributed by atoms with Gasteiger partial charge in [0.05, 0.1) is 11.1 Å². The molecule has 0 aliphatic heterocycles. The summed E-state index contributed by atoms with van der Waals surface area (Å²) in [5, 5.41) is 5.34. The van der Waals surface area contributed by atoms with Gasteiger partial charge < -0.3 is 10.6 Å². The zero-order valence-corrected chi connectivity index (χ0v) is 30.6. The summed E-state index contributed by atoms with van der Waals surface area (Å²) >= 11 is 49.2. The van der Waals surface area contributed by atoms with E-state index in [0.29, 0.717) is 32.8 Å². The van der Waals surface area contributed by atoms with Crippen LogP contribution < -0.4 is 10.6 Å². The zero-order chi connectivity index (χ0) is 30.8. The van der Waals surface area contributed by atoms with E-state index in [2.05, 4.69) is 55.8 Å². The van der Waals surface area contributed by atoms with Crippen LogP contribution in [0.15, 0.2) is 48.5 Å². The number of amides is 2. The van der Waals surface area contributed by atoms with E-state index in [1.54, 1.807) is 24.3 Å². The van der Waals surface area contributed by atoms with E-state index in [4.69, 9.17) is 92.8 Å². The monoisotopic (exact) mass is 942 g/mol. The van der Waals surface area contributed by atoms with Gasteiger partial charge in [0.1, 0.15) is 11.6 Å². The predicted molar refractivity (Wildman–Crippen MR) is 181 cm³/mol. The van der Waals surface area contributed by atoms with E-state index in [9.17, 15) is 18.4 Å². The van der Waals surface area contributed by atoms with Gasteiger partial charge in [-0.05, 0) is 48.2 Å². The second kappa shape index (κ2) is 17.5. The van der Waals surface area contributed by atoms with Crippen LogP contribution >= 0.6 is 138 Å². The van der Waals surface area contributed by atoms with Crippen molar-refractivity contribution in [2.24, 2.45) is 0 Å². The number of alkyl halides is 10. The van der Waals surface area contributed by atoms with Crippen molar-refractivity contribution < 1.29 is 18.4 Å². The summed E-state index contributed by atoms with van der Waals surface area (Å²) in [6.07, 6.45) is 0.765. The van der Waals surface area contributed by atoms with Gasteiger partial charge in [0.15, 0.2) is 0 Å². The Balaban J connectivity index is 0.000000400. The van der Waals surface area contributed by atoms with Crippen molar-refractivity contribution in [2.75, 3.05) is 20.6 Å². The molecule has 0 fully saturated rings. The van der Waals surface area contributed by atoms with E-state index >= 15 is 0 Å². The van der Waals surface area contributed by atoms with Crippen molar-refractivity contribution in [1.82, 2.24) is 10.6 Å². The molecule has 2 aromatic carbocycles. The fraction of sp³-hybridized carbons (Fsp3) is 0.417. The number of hydrogen-bond donors (Lipinski definition) is 2. The predicted octanol–water partition coefficient (Wildman–Crippen LogP) is 9.14. The molecule has 0 unspecified atom stereocenters. The van der Waals surface area contributed by atoms with E-state index in [0.717, 1.165) is 0 Å². The van der Waals surface area contributed by atoms with Gasteiger partial charge in [-0.2, -0.15) is 0 Å². The maximum absolute atomic E-state index is 13.4. The molecule has 2 atom stereocenters. The fourth-order valence-corrected chi connectivity index (χ4v) is 6.34. The van der Waals surface area contributed by atoms with Crippen molar-refractivity contribution >= 4 is 150 Å². The first-order chi connectivity index (χ1) is 18.5. The Bertz CT molecular complexity index is 1050. The lowest BCUT2D eigenvalue weighted by Crippen LogP contribution is -2.51. The third kappa shape index (κ3) is 11.8. The van der Waals surface area contributed by atoms with E-state index < -0.39 is 42.1 Å². The number of carbonyl (C=O) groups excluding carboxylic acids is 2. The summed E-state index contributed by atoms with van der Waals surface area (Å²) in [5.74, 6) is -1.83. The van der Waals surface area contributed by atoms with E-state index in [1.165, 1.54) is 24.3 Å². The van der Waals surface area contributed by atoms with Gasteiger partial charge in [-0.25, -0.2) is 8.78 Å². The summed E-state index contributed by atoms with van der Waals surface area (Å²) in [6, 6.07) is 11.8. The van der Waals surface area contributed by atoms with Crippen LogP contribution in [0.4, 0.5) is 8.78 Å². The SMILES string of the molecule is O=C(N[C@@](CI)(CCCl)c1cccc(F)c1)C(Cl)(Cl)Cl.O=C(N[C@@](CI)(CCCl)c1cccc(F)c1)C(Cl)(Cl)Cl. The molecule has 0 aliphatic rings. The smallest absolute Gasteiger partial charge is 0.272 e. The van der Waals surface area contributed by atoms with Crippen LogP contribution in [-0.4, -0.2) is 40.0 Å². The Morgan fingerprint density at radius 3 is 1.23 bits per heavy atom. The number of carbonyl (C=O) groups is 2. The fourth-order valence-electron chi connectivity index (χ4n) is 3.38. The number of benzene rings is 2. The normalized spacial score (nSPS) is 14.7. The average molecular weight is 946 g/mol. The van der Waals surface area contributed by atoms with E-state index in [-0.39, 0.29) is 11.8 Å². The van der Waals surface area contributed by atoms with Crippen LogP contribution in [0.2, 0.25) is 0 Å². The molecule has 40 heavy (non-hydrogen) atoms. The van der Waals surface area contributed by atoms with Crippen LogP contribution in [0.1, 0.15) is 24.0 Å². The maximum atomic E-state index is 13.4. The van der Waals surface area contributed by atoms with Crippen LogP contribution in [0.3, 0.4) is 0 Å². The number of halogens is 12. The standard InChI is InChI=1S/2C12H11Cl4FINO/c2*13-5-4-11(7-18,19-10(20)12(14,15)16)8-2-1-3-9(17)6-8/h2*1-3,6H,4-5,7H2,(H,19,20)/t2*11-/m11/s1. The van der Waals surface area contributed by atoms with Gasteiger partial charge in [0.2, 0.25) is 0 Å². The Hall–Kier alpha value is 1.02. The molecule has 2 N–H and O–H groups in total. The van der Waals surface area contributed by atoms with Crippen LogP contribution in [0.5, 0.6) is 0 Å². The van der Waals surface area contributed by atoms with Gasteiger partial charge in [-0.3, -0.25) is 9.59 Å². The highest BCUT2D eigenvalue weighted by Gasteiger charge is 2.40. The summed E-state index contributed by atoms with van der Waals surface area (Å²) in [7, 11) is 0. The molecule has 2 aromatic rings. The number of rotatable bonds is 10. The van der Waals surface area contributed by atoms with E-state index in [1.807, 2.05) is 0 Å². The lowest BCUT2D eigenvalue weighted by molar-refractivity contribution is -0.122. The second-order valence-corrected chi connectivity index (χ2v) is 15.1. The largest absolute Gasteiger partial charge is 0.342 e. The molecule has 0 radical (unpaired) electrons. The van der Waals surface area contributed by atoms with Crippen LogP contribution in [-0.2, 0) is 20.7 Å². The first-order valence-electron chi connectivity index (χ1n) is 11.0. The van der Waals surface area contributed by atoms with Crippen LogP contribution in [0, 0.1) is 11.6 Å². The highest BCUT2D eigenvalue weighted by atomic mass is 127. The molecular weight excluding hydrogens is 924 g/mol. The van der Waals surface area contributed by atoms with Crippen LogP contribution in [0.25, 0.3) is 0 Å². The minimum absolute atomic E-state index is 0.264. The average Bonchev–Trinajstić information content (AvgIpc) is 2.87. The molecule has 2 amide bonds. The van der Waals surface area contributed by atoms with Crippen molar-refractivity contribution in [3.8, 4) is 0 Å². The third-order valence-electron chi connectivity index (χ3n) is 5.47. The molecule has 0 heterocycles. The molecular formula is C24H22Cl8F2I2N2O2. The Labute approximate surface area is 299 Å². The Morgan fingerprint density at radius 1 is 0.675 bits per heavy atom. The Morgan fingerprint density at radius 2 is 1.00 bits per heavy atom. The first kappa shape index (κ1) is 39.0. The van der Waals surface area contributed by atoms with Gasteiger partial charge in [-0.1, -0.05) is 139 Å². The minimum Gasteiger partial charge on any atom is -0.342 e. The molecule has 16 heteroatoms. The zero-order valence-electron chi connectivity index (χ0n) is 20.2. The molecule has 224 valence electrons. The quantitative estimate of drug-likeness (QED) is 0.185. The molecule has 4 nitrogen and oxygen atoms in total. The second-order valence-electron chi connectivity index (χ2n) is 8.23. The van der Waals surface area contributed by atoms with Gasteiger partial charge >= 0.3 is 0 Å². The van der Waals surface area contributed by atoms with Crippen molar-refractivity contribution in [3.05, 3.63) is 71.3 Å². The summed E-state index contributed by atoms with van der Waals surface area (Å²) in [4.78, 5) is 23.9. The summed E-state index contributed by atoms with van der Waals surface area (Å²) < 4.78 is 23.6. The van der Waals surface area contributed by atoms with Gasteiger partial charge in [0, 0.05) is 20.6 Å². The number of hydrogen-bond acceptors (Lipinski definition) is 2. The topological polar surface area (TPSA) is 58.2 Å². The molecule has 0 bridgehead atoms. The summed E-state index contributed by atoms with van der Waals surface area (Å²) in [6.45, 7) is 0. The highest BCUT2D eigenvalue weighted by molar-refractivity contribution is 14.1. The maximum Gasteiger partial charge on any atom is 0.272 e. The molecule has 2 rings (SSSR count). The van der Waals surface area contributed by atoms with Crippen molar-refractivity contribution in [3.63, 3.8) is 0 Å². The minimum atomic E-state index is -2.09. The third-order valence-corrected chi connectivity index (χ3v) is 9.49. The molecule has 0 saturated carbocycles. The van der Waals surface area contributed by atoms with Gasteiger partial charge in [-0.15, -0.1) is 23.2 Å². The lowest BCUT2D eigenvalue weighted by Gasteiger charge is -2.34. The molecule has 0 aromatic heterocycles. The molecule has 0 saturated heterocycles. The lowest BCUT2D eigenvalue weighted by atomic mass is 9.89. The number of nitrogens with one attached hydrogen (secondary N) is 2. The van der Waals surface area contributed by atoms with Gasteiger partial charge in [0.25, 0.3) is 19.4 Å². The van der Waals surface area contributed by atoms with Crippen molar-refractivity contribution in [2.45, 2.75) is 31.5 Å². The molecule has 0 spiro atoms. The Kier molecular flexibility index (Phi) is 17.1. The highest BCUT2D eigenvalue weighted by Crippen LogP contribution is 2.34. The summed E-state index contributed by atoms with van der Waals surface area (Å²) in [5.41, 5.74) is -0.609. The van der Waals surface area contributed by atoms with Crippen molar-refractivity contribution in [1.29, 1.82) is 0 Å².